The normalized spacial score (nSPS) is 15.6. The van der Waals surface area contributed by atoms with E-state index in [0.717, 1.165) is 16.6 Å². The number of amides is 2. The summed E-state index contributed by atoms with van der Waals surface area (Å²) < 4.78 is 0. The minimum absolute atomic E-state index is 0.0789. The van der Waals surface area contributed by atoms with Crippen LogP contribution in [0.3, 0.4) is 0 Å². The molecule has 1 saturated heterocycles. The molecule has 0 saturated carbocycles. The number of aromatic amines is 1. The van der Waals surface area contributed by atoms with E-state index in [1.54, 1.807) is 4.90 Å². The summed E-state index contributed by atoms with van der Waals surface area (Å²) >= 11 is 0. The van der Waals surface area contributed by atoms with Crippen molar-refractivity contribution in [2.24, 2.45) is 0 Å². The van der Waals surface area contributed by atoms with Crippen LogP contribution in [-0.4, -0.2) is 41.3 Å². The Balaban J connectivity index is 2.01. The van der Waals surface area contributed by atoms with E-state index in [4.69, 9.17) is 0 Å². The molecular weight excluding hydrogens is 242 g/mol. The predicted molar refractivity (Wildman–Crippen MR) is 71.9 cm³/mol. The highest BCUT2D eigenvalue weighted by molar-refractivity contribution is 6.09. The molecule has 98 valence electrons. The van der Waals surface area contributed by atoms with Gasteiger partial charge in [0.15, 0.2) is 0 Å². The van der Waals surface area contributed by atoms with E-state index in [1.807, 2.05) is 31.2 Å². The molecule has 19 heavy (non-hydrogen) atoms. The number of nitrogens with zero attached hydrogens (tertiary/aromatic N) is 1. The molecule has 0 radical (unpaired) electrons. The number of aromatic nitrogens is 1. The van der Waals surface area contributed by atoms with Crippen LogP contribution in [0, 0.1) is 6.92 Å². The smallest absolute Gasteiger partial charge is 0.256 e. The lowest BCUT2D eigenvalue weighted by Gasteiger charge is -2.26. The zero-order valence-corrected chi connectivity index (χ0v) is 10.7. The van der Waals surface area contributed by atoms with Crippen molar-refractivity contribution in [3.05, 3.63) is 35.5 Å². The van der Waals surface area contributed by atoms with Gasteiger partial charge in [-0.25, -0.2) is 0 Å². The van der Waals surface area contributed by atoms with E-state index in [9.17, 15) is 9.59 Å². The van der Waals surface area contributed by atoms with Gasteiger partial charge in [0.05, 0.1) is 12.1 Å². The predicted octanol–water partition coefficient (Wildman–Crippen LogP) is 1.05. The number of H-pyrrole nitrogens is 1. The molecule has 1 aromatic heterocycles. The summed E-state index contributed by atoms with van der Waals surface area (Å²) in [5.41, 5.74) is 2.47. The number of fused-ring (bicyclic) bond motifs is 1. The van der Waals surface area contributed by atoms with Crippen LogP contribution in [0.4, 0.5) is 0 Å². The zero-order valence-electron chi connectivity index (χ0n) is 10.7. The Morgan fingerprint density at radius 1 is 1.32 bits per heavy atom. The molecule has 1 aromatic carbocycles. The maximum absolute atomic E-state index is 12.6. The average Bonchev–Trinajstić information content (AvgIpc) is 2.74. The van der Waals surface area contributed by atoms with Gasteiger partial charge in [0.25, 0.3) is 5.91 Å². The molecule has 1 fully saturated rings. The maximum Gasteiger partial charge on any atom is 0.256 e. The number of hydrogen-bond donors (Lipinski definition) is 2. The van der Waals surface area contributed by atoms with Gasteiger partial charge in [-0.3, -0.25) is 9.59 Å². The van der Waals surface area contributed by atoms with Crippen molar-refractivity contribution in [3.63, 3.8) is 0 Å². The molecule has 1 aliphatic rings. The number of nitrogens with one attached hydrogen (secondary N) is 2. The standard InChI is InChI=1S/C14H15N3O2/c1-9-13(10-4-2-3-5-11(10)16-9)14(19)17-7-6-15-12(18)8-17/h2-5,16H,6-8H2,1H3,(H,15,18). The first-order valence-electron chi connectivity index (χ1n) is 6.30. The molecule has 0 aliphatic carbocycles. The summed E-state index contributed by atoms with van der Waals surface area (Å²) in [7, 11) is 0. The van der Waals surface area contributed by atoms with Crippen molar-refractivity contribution in [3.8, 4) is 0 Å². The summed E-state index contributed by atoms with van der Waals surface area (Å²) in [4.78, 5) is 28.8. The van der Waals surface area contributed by atoms with E-state index >= 15 is 0 Å². The third-order valence-electron chi connectivity index (χ3n) is 3.43. The largest absolute Gasteiger partial charge is 0.358 e. The maximum atomic E-state index is 12.6. The van der Waals surface area contributed by atoms with Crippen LogP contribution in [-0.2, 0) is 4.79 Å². The van der Waals surface area contributed by atoms with Gasteiger partial charge in [0.1, 0.15) is 0 Å². The Morgan fingerprint density at radius 3 is 2.89 bits per heavy atom. The summed E-state index contributed by atoms with van der Waals surface area (Å²) in [6, 6.07) is 7.72. The van der Waals surface area contributed by atoms with Gasteiger partial charge in [-0.15, -0.1) is 0 Å². The van der Waals surface area contributed by atoms with E-state index in [2.05, 4.69) is 10.3 Å². The van der Waals surface area contributed by atoms with Gasteiger partial charge < -0.3 is 15.2 Å². The minimum Gasteiger partial charge on any atom is -0.358 e. The number of carbonyl (C=O) groups is 2. The molecule has 2 aromatic rings. The average molecular weight is 257 g/mol. The molecule has 0 spiro atoms. The Kier molecular flexibility index (Phi) is 2.74. The van der Waals surface area contributed by atoms with Crippen LogP contribution in [0.2, 0.25) is 0 Å². The van der Waals surface area contributed by atoms with Gasteiger partial charge in [-0.1, -0.05) is 18.2 Å². The molecule has 2 heterocycles. The summed E-state index contributed by atoms with van der Waals surface area (Å²) in [5.74, 6) is -0.179. The third-order valence-corrected chi connectivity index (χ3v) is 3.43. The number of para-hydroxylation sites is 1. The Morgan fingerprint density at radius 2 is 2.11 bits per heavy atom. The minimum atomic E-state index is -0.0999. The summed E-state index contributed by atoms with van der Waals surface area (Å²) in [6.45, 7) is 3.10. The van der Waals surface area contributed by atoms with Gasteiger partial charge in [-0.05, 0) is 13.0 Å². The van der Waals surface area contributed by atoms with E-state index < -0.39 is 0 Å². The van der Waals surface area contributed by atoms with Gasteiger partial charge in [0, 0.05) is 29.7 Å². The summed E-state index contributed by atoms with van der Waals surface area (Å²) in [5, 5.41) is 3.64. The van der Waals surface area contributed by atoms with Gasteiger partial charge in [0.2, 0.25) is 5.91 Å². The Hall–Kier alpha value is -2.30. The lowest BCUT2D eigenvalue weighted by Crippen LogP contribution is -2.50. The topological polar surface area (TPSA) is 65.2 Å². The van der Waals surface area contributed by atoms with Crippen LogP contribution in [0.25, 0.3) is 10.9 Å². The highest BCUT2D eigenvalue weighted by Gasteiger charge is 2.25. The molecule has 0 bridgehead atoms. The quantitative estimate of drug-likeness (QED) is 0.802. The van der Waals surface area contributed by atoms with Crippen LogP contribution in [0.5, 0.6) is 0 Å². The van der Waals surface area contributed by atoms with Crippen LogP contribution < -0.4 is 5.32 Å². The second kappa shape index (κ2) is 4.42. The molecule has 5 nitrogen and oxygen atoms in total. The number of rotatable bonds is 1. The lowest BCUT2D eigenvalue weighted by atomic mass is 10.1. The molecule has 5 heteroatoms. The fourth-order valence-corrected chi connectivity index (χ4v) is 2.52. The number of hydrogen-bond acceptors (Lipinski definition) is 2. The Bertz CT molecular complexity index is 660. The monoisotopic (exact) mass is 257 g/mol. The van der Waals surface area contributed by atoms with E-state index in [0.29, 0.717) is 18.7 Å². The number of piperazine rings is 1. The fraction of sp³-hybridized carbons (Fsp3) is 0.286. The third kappa shape index (κ3) is 1.97. The molecule has 2 N–H and O–H groups in total. The lowest BCUT2D eigenvalue weighted by molar-refractivity contribution is -0.123. The Labute approximate surface area is 110 Å². The van der Waals surface area contributed by atoms with Gasteiger partial charge in [-0.2, -0.15) is 0 Å². The zero-order chi connectivity index (χ0) is 13.4. The highest BCUT2D eigenvalue weighted by Crippen LogP contribution is 2.23. The number of carbonyl (C=O) groups excluding carboxylic acids is 2. The molecule has 0 unspecified atom stereocenters. The first kappa shape index (κ1) is 11.8. The van der Waals surface area contributed by atoms with Crippen LogP contribution >= 0.6 is 0 Å². The SMILES string of the molecule is Cc1[nH]c2ccccc2c1C(=O)N1CCNC(=O)C1. The van der Waals surface area contributed by atoms with Crippen molar-refractivity contribution >= 4 is 22.7 Å². The fourth-order valence-electron chi connectivity index (χ4n) is 2.52. The highest BCUT2D eigenvalue weighted by atomic mass is 16.2. The van der Waals surface area contributed by atoms with Crippen molar-refractivity contribution < 1.29 is 9.59 Å². The van der Waals surface area contributed by atoms with E-state index in [1.165, 1.54) is 0 Å². The van der Waals surface area contributed by atoms with E-state index in [-0.39, 0.29) is 18.4 Å². The van der Waals surface area contributed by atoms with Crippen LogP contribution in [0.1, 0.15) is 16.1 Å². The molecule has 0 atom stereocenters. The van der Waals surface area contributed by atoms with Crippen molar-refractivity contribution in [2.45, 2.75) is 6.92 Å². The van der Waals surface area contributed by atoms with Crippen molar-refractivity contribution in [2.75, 3.05) is 19.6 Å². The molecule has 1 aliphatic heterocycles. The number of benzene rings is 1. The summed E-state index contributed by atoms with van der Waals surface area (Å²) in [6.07, 6.45) is 0. The first-order chi connectivity index (χ1) is 9.16. The molecule has 2 amide bonds. The molecule has 3 rings (SSSR count). The second-order valence-corrected chi connectivity index (χ2v) is 4.75. The second-order valence-electron chi connectivity index (χ2n) is 4.75. The first-order valence-corrected chi connectivity index (χ1v) is 6.30. The van der Waals surface area contributed by atoms with Crippen LogP contribution in [0.15, 0.2) is 24.3 Å². The van der Waals surface area contributed by atoms with Gasteiger partial charge >= 0.3 is 0 Å². The van der Waals surface area contributed by atoms with Crippen molar-refractivity contribution in [1.82, 2.24) is 15.2 Å². The van der Waals surface area contributed by atoms with Crippen molar-refractivity contribution in [1.29, 1.82) is 0 Å². The number of aryl methyl sites for hydroxylation is 1. The molecular formula is C14H15N3O2.